The highest BCUT2D eigenvalue weighted by molar-refractivity contribution is 6.10. The van der Waals surface area contributed by atoms with Gasteiger partial charge < -0.3 is 9.13 Å². The van der Waals surface area contributed by atoms with Crippen molar-refractivity contribution in [3.05, 3.63) is 169 Å². The molecule has 0 saturated heterocycles. The van der Waals surface area contributed by atoms with Crippen molar-refractivity contribution >= 4 is 43.6 Å². The van der Waals surface area contributed by atoms with Gasteiger partial charge in [0.05, 0.1) is 51.0 Å². The summed E-state index contributed by atoms with van der Waals surface area (Å²) in [5.41, 5.74) is 11.2. The van der Waals surface area contributed by atoms with E-state index in [4.69, 9.17) is 0 Å². The molecule has 0 amide bonds. The molecule has 0 radical (unpaired) electrons. The summed E-state index contributed by atoms with van der Waals surface area (Å²) in [6.07, 6.45) is 0. The van der Waals surface area contributed by atoms with Gasteiger partial charge in [0, 0.05) is 38.4 Å². The molecule has 9 aromatic rings. The van der Waals surface area contributed by atoms with E-state index in [1.807, 2.05) is 54.6 Å². The predicted molar refractivity (Wildman–Crippen MR) is 195 cm³/mol. The first-order chi connectivity index (χ1) is 23.7. The van der Waals surface area contributed by atoms with Gasteiger partial charge in [0.1, 0.15) is 0 Å². The number of nitriles is 2. The summed E-state index contributed by atoms with van der Waals surface area (Å²) < 4.78 is 4.52. The molecule has 222 valence electrons. The van der Waals surface area contributed by atoms with Gasteiger partial charge in [0.2, 0.25) is 0 Å². The highest BCUT2D eigenvalue weighted by Gasteiger charge is 2.18. The summed E-state index contributed by atoms with van der Waals surface area (Å²) in [7, 11) is 0. The highest BCUT2D eigenvalue weighted by atomic mass is 15.0. The first kappa shape index (κ1) is 27.4. The molecule has 7 aromatic carbocycles. The minimum Gasteiger partial charge on any atom is -0.309 e. The molecule has 0 aliphatic carbocycles. The molecule has 0 spiro atoms. The van der Waals surface area contributed by atoms with Crippen LogP contribution >= 0.6 is 0 Å². The maximum atomic E-state index is 10.5. The van der Waals surface area contributed by atoms with Crippen molar-refractivity contribution in [2.75, 3.05) is 0 Å². The van der Waals surface area contributed by atoms with Crippen LogP contribution in [0.3, 0.4) is 0 Å². The molecule has 0 aliphatic heterocycles. The van der Waals surface area contributed by atoms with E-state index in [9.17, 15) is 10.5 Å². The fraction of sp³-hybridized carbons (Fsp3) is 0. The Kier molecular flexibility index (Phi) is 6.22. The number of nitrogens with zero attached hydrogens (tertiary/aromatic N) is 4. The zero-order chi connectivity index (χ0) is 32.2. The van der Waals surface area contributed by atoms with E-state index < -0.39 is 0 Å². The van der Waals surface area contributed by atoms with Crippen molar-refractivity contribution in [2.45, 2.75) is 0 Å². The second-order valence-corrected chi connectivity index (χ2v) is 12.0. The average molecular weight is 611 g/mol. The molecule has 0 unspecified atom stereocenters. The minimum absolute atomic E-state index is 0.564. The third-order valence-corrected chi connectivity index (χ3v) is 9.42. The lowest BCUT2D eigenvalue weighted by molar-refractivity contribution is 1.18. The Morgan fingerprint density at radius 1 is 0.396 bits per heavy atom. The van der Waals surface area contributed by atoms with Crippen molar-refractivity contribution in [2.24, 2.45) is 0 Å². The van der Waals surface area contributed by atoms with E-state index in [0.717, 1.165) is 55.4 Å². The molecule has 48 heavy (non-hydrogen) atoms. The Morgan fingerprint density at radius 3 is 1.40 bits per heavy atom. The minimum atomic E-state index is 0.564. The number of fused-ring (bicyclic) bond motifs is 6. The molecule has 4 heteroatoms. The maximum Gasteiger partial charge on any atom is 0.0998 e. The van der Waals surface area contributed by atoms with E-state index >= 15 is 0 Å². The fourth-order valence-electron chi connectivity index (χ4n) is 7.25. The van der Waals surface area contributed by atoms with Crippen LogP contribution in [0.15, 0.2) is 158 Å². The van der Waals surface area contributed by atoms with E-state index in [1.165, 1.54) is 21.8 Å². The van der Waals surface area contributed by atoms with Gasteiger partial charge >= 0.3 is 0 Å². The summed E-state index contributed by atoms with van der Waals surface area (Å²) in [6, 6.07) is 58.8. The van der Waals surface area contributed by atoms with Crippen LogP contribution in [0.5, 0.6) is 0 Å². The standard InChI is InChI=1S/C44H26N4/c45-27-29-17-23-39(44(25-29)48-42-15-7-3-11-37(42)38-12-4-8-16-43(38)48)34-24-20-31(26-32(34)28-46)30-18-21-33(22-19-30)47-40-13-5-1-9-35(40)36-10-2-6-14-41(36)47/h1-26H. The molecule has 0 bridgehead atoms. The summed E-state index contributed by atoms with van der Waals surface area (Å²) in [6.45, 7) is 0. The summed E-state index contributed by atoms with van der Waals surface area (Å²) in [5.74, 6) is 0. The second-order valence-electron chi connectivity index (χ2n) is 12.0. The number of para-hydroxylation sites is 4. The summed E-state index contributed by atoms with van der Waals surface area (Å²) in [5, 5.41) is 25.1. The molecule has 9 rings (SSSR count). The molecular weight excluding hydrogens is 585 g/mol. The zero-order valence-electron chi connectivity index (χ0n) is 25.8. The van der Waals surface area contributed by atoms with Gasteiger partial charge in [0.25, 0.3) is 0 Å². The predicted octanol–water partition coefficient (Wildman–Crippen LogP) is 11.0. The quantitative estimate of drug-likeness (QED) is 0.199. The maximum absolute atomic E-state index is 10.5. The SMILES string of the molecule is N#Cc1ccc(-c2ccc(-c3ccc(-n4c5ccccc5c5ccccc54)cc3)cc2C#N)c(-n2c3ccccc3c3ccccc32)c1. The van der Waals surface area contributed by atoms with Crippen LogP contribution in [0.1, 0.15) is 11.1 Å². The third kappa shape index (κ3) is 4.14. The van der Waals surface area contributed by atoms with Crippen molar-refractivity contribution in [1.29, 1.82) is 10.5 Å². The van der Waals surface area contributed by atoms with Crippen molar-refractivity contribution in [3.63, 3.8) is 0 Å². The lowest BCUT2D eigenvalue weighted by atomic mass is 9.93. The van der Waals surface area contributed by atoms with Gasteiger partial charge in [-0.15, -0.1) is 0 Å². The zero-order valence-corrected chi connectivity index (χ0v) is 25.8. The Morgan fingerprint density at radius 2 is 0.875 bits per heavy atom. The lowest BCUT2D eigenvalue weighted by Crippen LogP contribution is -1.99. The number of hydrogen-bond donors (Lipinski definition) is 0. The van der Waals surface area contributed by atoms with Crippen LogP contribution in [0.4, 0.5) is 0 Å². The van der Waals surface area contributed by atoms with Crippen molar-refractivity contribution in [3.8, 4) is 45.8 Å². The van der Waals surface area contributed by atoms with Crippen LogP contribution in [0, 0.1) is 22.7 Å². The topological polar surface area (TPSA) is 57.4 Å². The fourth-order valence-corrected chi connectivity index (χ4v) is 7.25. The Hall–Kier alpha value is -6.88. The van der Waals surface area contributed by atoms with Crippen LogP contribution in [-0.2, 0) is 0 Å². The van der Waals surface area contributed by atoms with Gasteiger partial charge in [-0.3, -0.25) is 0 Å². The van der Waals surface area contributed by atoms with Crippen molar-refractivity contribution in [1.82, 2.24) is 9.13 Å². The Balaban J connectivity index is 1.17. The molecule has 4 nitrogen and oxygen atoms in total. The van der Waals surface area contributed by atoms with Crippen molar-refractivity contribution < 1.29 is 0 Å². The normalized spacial score (nSPS) is 11.3. The monoisotopic (exact) mass is 610 g/mol. The number of aromatic nitrogens is 2. The lowest BCUT2D eigenvalue weighted by Gasteiger charge is -2.16. The van der Waals surface area contributed by atoms with Gasteiger partial charge in [-0.2, -0.15) is 10.5 Å². The number of rotatable bonds is 4. The smallest absolute Gasteiger partial charge is 0.0998 e. The molecule has 0 N–H and O–H groups in total. The number of hydrogen-bond acceptors (Lipinski definition) is 2. The van der Waals surface area contributed by atoms with E-state index in [2.05, 4.69) is 124 Å². The molecular formula is C44H26N4. The van der Waals surface area contributed by atoms with Crippen LogP contribution in [0.25, 0.3) is 77.2 Å². The summed E-state index contributed by atoms with van der Waals surface area (Å²) in [4.78, 5) is 0. The number of benzene rings is 7. The largest absolute Gasteiger partial charge is 0.309 e. The molecule has 2 heterocycles. The molecule has 0 fully saturated rings. The Bertz CT molecular complexity index is 2690. The van der Waals surface area contributed by atoms with Crippen LogP contribution in [-0.4, -0.2) is 9.13 Å². The van der Waals surface area contributed by atoms with Gasteiger partial charge in [-0.05, 0) is 65.7 Å². The van der Waals surface area contributed by atoms with Gasteiger partial charge in [-0.25, -0.2) is 0 Å². The van der Waals surface area contributed by atoms with Crippen LogP contribution < -0.4 is 0 Å². The third-order valence-electron chi connectivity index (χ3n) is 9.42. The van der Waals surface area contributed by atoms with E-state index in [-0.39, 0.29) is 0 Å². The highest BCUT2D eigenvalue weighted by Crippen LogP contribution is 2.39. The van der Waals surface area contributed by atoms with Gasteiger partial charge in [-0.1, -0.05) is 103 Å². The van der Waals surface area contributed by atoms with Crippen LogP contribution in [0.2, 0.25) is 0 Å². The first-order valence-electron chi connectivity index (χ1n) is 15.9. The van der Waals surface area contributed by atoms with Gasteiger partial charge in [0.15, 0.2) is 0 Å². The van der Waals surface area contributed by atoms with E-state index in [1.54, 1.807) is 0 Å². The first-order valence-corrected chi connectivity index (χ1v) is 15.9. The van der Waals surface area contributed by atoms with E-state index in [0.29, 0.717) is 11.1 Å². The summed E-state index contributed by atoms with van der Waals surface area (Å²) >= 11 is 0. The Labute approximate surface area is 277 Å². The average Bonchev–Trinajstić information content (AvgIpc) is 3.67. The molecule has 0 saturated carbocycles. The molecule has 0 atom stereocenters. The molecule has 2 aromatic heterocycles. The molecule has 0 aliphatic rings. The second kappa shape index (κ2) is 10.9.